The van der Waals surface area contributed by atoms with Crippen LogP contribution in [0.25, 0.3) is 0 Å². The van der Waals surface area contributed by atoms with Crippen molar-refractivity contribution in [3.8, 4) is 0 Å². The van der Waals surface area contributed by atoms with Crippen molar-refractivity contribution >= 4 is 23.6 Å². The number of nitrogens with one attached hydrogen (secondary N) is 1. The summed E-state index contributed by atoms with van der Waals surface area (Å²) in [5, 5.41) is 11.1. The van der Waals surface area contributed by atoms with Crippen molar-refractivity contribution in [1.82, 2.24) is 5.32 Å². The fourth-order valence-electron chi connectivity index (χ4n) is 0.807. The van der Waals surface area contributed by atoms with E-state index in [9.17, 15) is 9.59 Å². The molecule has 0 saturated carbocycles. The topological polar surface area (TPSA) is 92.4 Å². The van der Waals surface area contributed by atoms with Crippen LogP contribution >= 0.6 is 11.8 Å². The van der Waals surface area contributed by atoms with Gasteiger partial charge in [-0.25, -0.2) is 4.79 Å². The van der Waals surface area contributed by atoms with Crippen molar-refractivity contribution in [1.29, 1.82) is 0 Å². The molecule has 0 fully saturated rings. The minimum absolute atomic E-state index is 0.322. The number of rotatable bonds is 7. The maximum atomic E-state index is 10.6. The summed E-state index contributed by atoms with van der Waals surface area (Å²) in [5.41, 5.74) is 5.29. The van der Waals surface area contributed by atoms with Gasteiger partial charge in [0.25, 0.3) is 0 Å². The molecule has 82 valence electrons. The third kappa shape index (κ3) is 6.73. The molecule has 5 nitrogen and oxygen atoms in total. The van der Waals surface area contributed by atoms with E-state index in [0.717, 1.165) is 12.2 Å². The lowest BCUT2D eigenvalue weighted by Crippen LogP contribution is -2.41. The summed E-state index contributed by atoms with van der Waals surface area (Å²) in [6, 6.07) is -0.796. The third-order valence-corrected chi connectivity index (χ3v) is 2.60. The van der Waals surface area contributed by atoms with E-state index in [4.69, 9.17) is 10.8 Å². The van der Waals surface area contributed by atoms with E-state index in [-0.39, 0.29) is 5.91 Å². The molecule has 0 aliphatic carbocycles. The Hall–Kier alpha value is -0.750. The number of aliphatic carboxylic acids is 1. The molecule has 0 saturated heterocycles. The second-order valence-electron chi connectivity index (χ2n) is 2.81. The van der Waals surface area contributed by atoms with E-state index in [0.29, 0.717) is 12.3 Å². The number of carbonyl (C=O) groups excluding carboxylic acids is 1. The van der Waals surface area contributed by atoms with Crippen molar-refractivity contribution in [2.24, 2.45) is 5.73 Å². The average molecular weight is 220 g/mol. The highest BCUT2D eigenvalue weighted by molar-refractivity contribution is 7.99. The molecule has 6 heteroatoms. The Morgan fingerprint density at radius 1 is 1.57 bits per heavy atom. The van der Waals surface area contributed by atoms with E-state index >= 15 is 0 Å². The largest absolute Gasteiger partial charge is 0.480 e. The van der Waals surface area contributed by atoms with Gasteiger partial charge in [0, 0.05) is 12.7 Å². The van der Waals surface area contributed by atoms with E-state index in [1.54, 1.807) is 0 Å². The Kier molecular flexibility index (Phi) is 7.23. The number of carboxylic acids is 1. The van der Waals surface area contributed by atoms with Crippen molar-refractivity contribution in [2.45, 2.75) is 19.4 Å². The quantitative estimate of drug-likeness (QED) is 0.510. The zero-order chi connectivity index (χ0) is 11.0. The summed E-state index contributed by atoms with van der Waals surface area (Å²) in [6.45, 7) is 1.91. The number of hydrogen-bond donors (Lipinski definition) is 3. The molecule has 1 atom stereocenters. The highest BCUT2D eigenvalue weighted by Crippen LogP contribution is 2.04. The lowest BCUT2D eigenvalue weighted by atomic mass is 10.3. The van der Waals surface area contributed by atoms with Crippen LogP contribution in [-0.2, 0) is 9.59 Å². The molecule has 0 aromatic carbocycles. The smallest absolute Gasteiger partial charge is 0.327 e. The van der Waals surface area contributed by atoms with Crippen LogP contribution in [0.3, 0.4) is 0 Å². The fourth-order valence-corrected chi connectivity index (χ4v) is 1.81. The second-order valence-corrected chi connectivity index (χ2v) is 3.96. The van der Waals surface area contributed by atoms with Crippen LogP contribution in [0.4, 0.5) is 0 Å². The van der Waals surface area contributed by atoms with Crippen LogP contribution in [0.2, 0.25) is 0 Å². The number of amides is 1. The first-order valence-corrected chi connectivity index (χ1v) is 5.51. The summed E-state index contributed by atoms with van der Waals surface area (Å²) >= 11 is 1.48. The highest BCUT2D eigenvalue weighted by Gasteiger charge is 2.17. The van der Waals surface area contributed by atoms with Gasteiger partial charge >= 0.3 is 5.97 Å². The zero-order valence-corrected chi connectivity index (χ0v) is 8.97. The van der Waals surface area contributed by atoms with Gasteiger partial charge in [-0.3, -0.25) is 4.79 Å². The van der Waals surface area contributed by atoms with Crippen LogP contribution in [0, 0.1) is 0 Å². The van der Waals surface area contributed by atoms with Gasteiger partial charge in [-0.15, -0.1) is 0 Å². The molecular formula is C8H16N2O3S. The molecule has 0 aliphatic heterocycles. The monoisotopic (exact) mass is 220 g/mol. The van der Waals surface area contributed by atoms with Gasteiger partial charge in [0.15, 0.2) is 0 Å². The lowest BCUT2D eigenvalue weighted by molar-refractivity contribution is -0.140. The molecule has 1 unspecified atom stereocenters. The van der Waals surface area contributed by atoms with Crippen molar-refractivity contribution in [2.75, 3.05) is 18.1 Å². The average Bonchev–Trinajstić information content (AvgIpc) is 2.09. The van der Waals surface area contributed by atoms with Crippen LogP contribution in [0.1, 0.15) is 13.3 Å². The normalized spacial score (nSPS) is 12.1. The van der Waals surface area contributed by atoms with Gasteiger partial charge < -0.3 is 16.2 Å². The molecule has 0 rings (SSSR count). The molecule has 1 amide bonds. The molecule has 0 aliphatic rings. The molecule has 0 radical (unpaired) electrons. The van der Waals surface area contributed by atoms with Crippen LogP contribution < -0.4 is 11.1 Å². The standard InChI is InChI=1S/C8H16N2O3S/c1-6(11)10-7(8(12)13)5-14-4-2-3-9/h7H,2-5,9H2,1H3,(H,10,11)(H,12,13). The summed E-state index contributed by atoms with van der Waals surface area (Å²) in [4.78, 5) is 21.3. The molecule has 4 N–H and O–H groups in total. The molecule has 0 aromatic heterocycles. The number of hydrogen-bond acceptors (Lipinski definition) is 4. The lowest BCUT2D eigenvalue weighted by Gasteiger charge is -2.12. The van der Waals surface area contributed by atoms with E-state index in [1.807, 2.05) is 0 Å². The first-order chi connectivity index (χ1) is 6.57. The molecule has 14 heavy (non-hydrogen) atoms. The van der Waals surface area contributed by atoms with Crippen LogP contribution in [0.15, 0.2) is 0 Å². The Bertz CT molecular complexity index is 199. The van der Waals surface area contributed by atoms with Gasteiger partial charge in [-0.05, 0) is 18.7 Å². The molecule has 0 bridgehead atoms. The predicted molar refractivity (Wildman–Crippen MR) is 56.2 cm³/mol. The molecule has 0 aromatic rings. The number of nitrogens with two attached hydrogens (primary N) is 1. The van der Waals surface area contributed by atoms with Crippen LogP contribution in [0.5, 0.6) is 0 Å². The van der Waals surface area contributed by atoms with Crippen LogP contribution in [-0.4, -0.2) is 41.1 Å². The predicted octanol–water partition coefficient (Wildman–Crippen LogP) is -0.342. The minimum Gasteiger partial charge on any atom is -0.480 e. The summed E-state index contributed by atoms with van der Waals surface area (Å²) in [7, 11) is 0. The van der Waals surface area contributed by atoms with Gasteiger partial charge in [-0.2, -0.15) is 11.8 Å². The Balaban J connectivity index is 3.74. The SMILES string of the molecule is CC(=O)NC(CSCCCN)C(=O)O. The maximum Gasteiger partial charge on any atom is 0.327 e. The number of thioether (sulfide) groups is 1. The highest BCUT2D eigenvalue weighted by atomic mass is 32.2. The van der Waals surface area contributed by atoms with Gasteiger partial charge in [0.1, 0.15) is 6.04 Å². The Labute approximate surface area is 87.4 Å². The zero-order valence-electron chi connectivity index (χ0n) is 8.16. The summed E-state index contributed by atoms with van der Waals surface area (Å²) < 4.78 is 0. The molecule has 0 heterocycles. The van der Waals surface area contributed by atoms with E-state index in [2.05, 4.69) is 5.32 Å². The first kappa shape index (κ1) is 13.2. The van der Waals surface area contributed by atoms with E-state index < -0.39 is 12.0 Å². The van der Waals surface area contributed by atoms with Gasteiger partial charge in [0.05, 0.1) is 0 Å². The van der Waals surface area contributed by atoms with Gasteiger partial charge in [0.2, 0.25) is 5.91 Å². The fraction of sp³-hybridized carbons (Fsp3) is 0.750. The molecular weight excluding hydrogens is 204 g/mol. The maximum absolute atomic E-state index is 10.6. The number of carbonyl (C=O) groups is 2. The number of carboxylic acid groups (broad SMARTS) is 1. The Morgan fingerprint density at radius 3 is 2.64 bits per heavy atom. The third-order valence-electron chi connectivity index (χ3n) is 1.45. The molecule has 0 spiro atoms. The van der Waals surface area contributed by atoms with E-state index in [1.165, 1.54) is 18.7 Å². The van der Waals surface area contributed by atoms with Crippen molar-refractivity contribution in [3.63, 3.8) is 0 Å². The van der Waals surface area contributed by atoms with Crippen molar-refractivity contribution in [3.05, 3.63) is 0 Å². The second kappa shape index (κ2) is 7.64. The minimum atomic E-state index is -1.000. The van der Waals surface area contributed by atoms with Gasteiger partial charge in [-0.1, -0.05) is 0 Å². The Morgan fingerprint density at radius 2 is 2.21 bits per heavy atom. The van der Waals surface area contributed by atoms with Crippen molar-refractivity contribution < 1.29 is 14.7 Å². The first-order valence-electron chi connectivity index (χ1n) is 4.35. The summed E-state index contributed by atoms with van der Waals surface area (Å²) in [5.74, 6) is -0.119. The summed E-state index contributed by atoms with van der Waals surface area (Å²) in [6.07, 6.45) is 0.858.